The summed E-state index contributed by atoms with van der Waals surface area (Å²) >= 11 is 0. The number of aliphatic hydroxyl groups is 28. The van der Waals surface area contributed by atoms with E-state index in [-0.39, 0.29) is 25.9 Å². The predicted molar refractivity (Wildman–Crippen MR) is 354 cm³/mol. The Balaban J connectivity index is 0.000000417. The summed E-state index contributed by atoms with van der Waals surface area (Å²) in [5.41, 5.74) is 4.04. The summed E-state index contributed by atoms with van der Waals surface area (Å²) in [5.74, 6) is 0. The SMILES string of the molecule is CC(C)(C)OC(=O)NCCN.CC(C)(C)OC(=O)NCCNC[C@H](O)[C@@H](O)[C@H](O)[C@H](O)CO[C@@H]1OC(CO[C@@H]2OC(CO[C@@H]3OC(CO)[C@@H](O)[C@H](O)C3O)[C@@H](O)[C@H](O)C2O)[C@@H](O)[C@H](O)C1O.O=C[C@H](O)[C@@H](O)[C@H](O)[C@H](O)CO[C@@H]1OC(CO[C@H]2OC(CO[C@@H]3OC(CO)[C@@H](O)[C@H](O)C3O)[C@@H](O)[C@H](O)C2O)[C@@H](O)[C@H](O)C1O. The highest BCUT2D eigenvalue weighted by Crippen LogP contribution is 2.32. The van der Waals surface area contributed by atoms with Crippen LogP contribution in [0.5, 0.6) is 0 Å². The van der Waals surface area contributed by atoms with Crippen molar-refractivity contribution in [2.75, 3.05) is 85.6 Å². The van der Waals surface area contributed by atoms with E-state index in [1.54, 1.807) is 20.8 Å². The van der Waals surface area contributed by atoms with E-state index in [2.05, 4.69) is 16.0 Å². The summed E-state index contributed by atoms with van der Waals surface area (Å²) in [7, 11) is 0. The molecule has 6 heterocycles. The van der Waals surface area contributed by atoms with Crippen LogP contribution < -0.4 is 21.7 Å². The number of hydrogen-bond donors (Lipinski definition) is 32. The zero-order valence-electron chi connectivity index (χ0n) is 61.2. The van der Waals surface area contributed by atoms with Crippen LogP contribution >= 0.6 is 0 Å². The second-order valence-corrected chi connectivity index (χ2v) is 28.6. The van der Waals surface area contributed by atoms with Gasteiger partial charge in [0.1, 0.15) is 200 Å². The van der Waals surface area contributed by atoms with E-state index in [0.717, 1.165) is 0 Å². The van der Waals surface area contributed by atoms with Gasteiger partial charge in [0.05, 0.1) is 59.0 Å². The molecule has 0 aliphatic carbocycles. The van der Waals surface area contributed by atoms with Gasteiger partial charge in [-0.25, -0.2) is 9.59 Å². The third-order valence-corrected chi connectivity index (χ3v) is 17.4. The first-order chi connectivity index (χ1) is 51.8. The third kappa shape index (κ3) is 29.5. The monoisotopic (exact) mass is 1640 g/mol. The van der Waals surface area contributed by atoms with Gasteiger partial charge in [-0.3, -0.25) is 0 Å². The summed E-state index contributed by atoms with van der Waals surface area (Å²) in [4.78, 5) is 33.1. The van der Waals surface area contributed by atoms with Gasteiger partial charge in [-0.15, -0.1) is 0 Å². The number of ether oxygens (including phenoxy) is 14. The number of aldehydes is 1. The van der Waals surface area contributed by atoms with Crippen molar-refractivity contribution in [2.24, 2.45) is 5.73 Å². The highest BCUT2D eigenvalue weighted by Gasteiger charge is 2.53. The zero-order chi connectivity index (χ0) is 84.0. The molecule has 2 amide bonds. The number of hydrogen-bond acceptors (Lipinski definition) is 47. The van der Waals surface area contributed by atoms with Gasteiger partial charge < -0.3 is 236 Å². The Kier molecular flexibility index (Phi) is 41.9. The van der Waals surface area contributed by atoms with Crippen LogP contribution in [0.3, 0.4) is 0 Å². The first-order valence-corrected chi connectivity index (χ1v) is 35.1. The van der Waals surface area contributed by atoms with Crippen LogP contribution in [0.4, 0.5) is 9.59 Å². The molecule has 0 bridgehead atoms. The van der Waals surface area contributed by atoms with Crippen molar-refractivity contribution in [1.82, 2.24) is 16.0 Å². The molecular weight excluding hydrogens is 1520 g/mol. The number of alkyl carbamates (subject to hydrolysis) is 2. The molecule has 0 aromatic carbocycles. The summed E-state index contributed by atoms with van der Waals surface area (Å²) in [5, 5.41) is 291. The van der Waals surface area contributed by atoms with Gasteiger partial charge in [0.25, 0.3) is 0 Å². The maximum Gasteiger partial charge on any atom is 0.407 e. The second kappa shape index (κ2) is 46.6. The molecule has 33 N–H and O–H groups in total. The number of nitrogens with two attached hydrogens (primary N) is 1. The Morgan fingerprint density at radius 2 is 0.613 bits per heavy atom. The fraction of sp³-hybridized carbons (Fsp3) is 0.952. The van der Waals surface area contributed by atoms with Crippen molar-refractivity contribution in [1.29, 1.82) is 0 Å². The standard InChI is InChI=1S/C31H58N2O22.C24H42O21.C7H16N2O2/c1-31(2,3)55-30(48)33-5-4-32-6-11(35)16(37)17(38)12(36)8-49-27-25(46)22(43)19(40)14(53-27)10-51-29-26(47)23(44)20(41)15(54-29)9-50-28-24(45)21(42)18(39)13(7-34)52-28;25-1-6(27)11(29)12(30)7(28)3-40-22-20(38)17(35)14(32)9(44-22)5-42-24-21(39)18(36)15(33)10(45-24)4-41-23-19(37)16(34)13(31)8(2-26)43-23;1-7(2,3)11-6(10)9-5-4-8/h11-29,32,34-47H,4-10H2,1-3H3,(H,33,48);1,6-24,26-39H,2-5H2;4-5,8H2,1-3H3,(H,9,10)/t11-,12+,13?,14?,15?,16+,17+,18+,19+,20+,21-,22-,23-,24?,25?,26?,27+,28+,29+;6-,7+,8?,9?,10?,11+,12+,13+,14+,15+,16-,17-,18-,19?,20?,21?,22+,23+,24-;/m00./s1. The molecule has 654 valence electrons. The lowest BCUT2D eigenvalue weighted by molar-refractivity contribution is -0.343. The van der Waals surface area contributed by atoms with Crippen molar-refractivity contribution in [3.63, 3.8) is 0 Å². The summed E-state index contributed by atoms with van der Waals surface area (Å²) in [6.45, 7) is 5.48. The minimum Gasteiger partial charge on any atom is -0.444 e. The molecule has 49 heteroatoms. The molecule has 49 nitrogen and oxygen atoms in total. The minimum atomic E-state index is -2.09. The molecular formula is C62H116N4O45. The molecule has 38 atom stereocenters. The maximum absolute atomic E-state index is 11.7. The van der Waals surface area contributed by atoms with Crippen LogP contribution in [0.25, 0.3) is 0 Å². The number of carbonyl (C=O) groups is 3. The number of amides is 2. The number of aliphatic hydroxyl groups excluding tert-OH is 28. The van der Waals surface area contributed by atoms with Crippen LogP contribution in [0, 0.1) is 0 Å². The van der Waals surface area contributed by atoms with Crippen molar-refractivity contribution in [2.45, 2.75) is 286 Å². The summed E-state index contributed by atoms with van der Waals surface area (Å²) in [6, 6.07) is 0. The lowest BCUT2D eigenvalue weighted by Crippen LogP contribution is -2.62. The molecule has 6 rings (SSSR count). The lowest BCUT2D eigenvalue weighted by Gasteiger charge is -2.44. The molecule has 0 radical (unpaired) electrons. The predicted octanol–water partition coefficient (Wildman–Crippen LogP) is -18.4. The molecule has 6 aliphatic heterocycles. The average Bonchev–Trinajstić information content (AvgIpc) is 0.806. The van der Waals surface area contributed by atoms with Crippen molar-refractivity contribution >= 4 is 18.5 Å². The molecule has 12 unspecified atom stereocenters. The first-order valence-electron chi connectivity index (χ1n) is 35.1. The van der Waals surface area contributed by atoms with E-state index in [1.165, 1.54) is 0 Å². The zero-order valence-corrected chi connectivity index (χ0v) is 61.2. The molecule has 6 saturated heterocycles. The molecule has 0 aromatic rings. The van der Waals surface area contributed by atoms with Crippen LogP contribution in [0.15, 0.2) is 0 Å². The van der Waals surface area contributed by atoms with Crippen LogP contribution in [0.1, 0.15) is 41.5 Å². The van der Waals surface area contributed by atoms with E-state index in [9.17, 15) is 157 Å². The van der Waals surface area contributed by atoms with Gasteiger partial charge in [-0.1, -0.05) is 0 Å². The normalized spacial score (nSPS) is 39.1. The Morgan fingerprint density at radius 1 is 0.360 bits per heavy atom. The Labute approximate surface area is 633 Å². The van der Waals surface area contributed by atoms with Gasteiger partial charge in [0.2, 0.25) is 0 Å². The van der Waals surface area contributed by atoms with Crippen molar-refractivity contribution in [3.8, 4) is 0 Å². The average molecular weight is 1640 g/mol. The fourth-order valence-electron chi connectivity index (χ4n) is 10.9. The fourth-order valence-corrected chi connectivity index (χ4v) is 10.9. The topological polar surface area (TPSA) is 809 Å². The highest BCUT2D eigenvalue weighted by atomic mass is 16.8. The van der Waals surface area contributed by atoms with Gasteiger partial charge in [0.15, 0.2) is 44.0 Å². The van der Waals surface area contributed by atoms with E-state index in [4.69, 9.17) is 72.0 Å². The van der Waals surface area contributed by atoms with E-state index in [1.807, 2.05) is 20.8 Å². The molecule has 6 aliphatic rings. The molecule has 0 saturated carbocycles. The number of nitrogens with one attached hydrogen (secondary N) is 3. The van der Waals surface area contributed by atoms with Crippen LogP contribution in [-0.2, 0) is 71.1 Å². The Hall–Kier alpha value is -3.47. The van der Waals surface area contributed by atoms with E-state index < -0.39 is 309 Å². The third-order valence-electron chi connectivity index (χ3n) is 17.4. The Morgan fingerprint density at radius 3 is 0.883 bits per heavy atom. The van der Waals surface area contributed by atoms with Crippen molar-refractivity contribution < 1.29 is 224 Å². The quantitative estimate of drug-likeness (QED) is 0.0210. The van der Waals surface area contributed by atoms with Crippen LogP contribution in [0.2, 0.25) is 0 Å². The maximum atomic E-state index is 11.7. The Bertz CT molecular complexity index is 2630. The van der Waals surface area contributed by atoms with Gasteiger partial charge in [-0.2, -0.15) is 0 Å². The number of carbonyl (C=O) groups excluding carboxylic acids is 3. The van der Waals surface area contributed by atoms with Gasteiger partial charge in [0, 0.05) is 32.7 Å². The summed E-state index contributed by atoms with van der Waals surface area (Å²) < 4.78 is 74.2. The smallest absolute Gasteiger partial charge is 0.407 e. The first kappa shape index (κ1) is 99.9. The molecule has 111 heavy (non-hydrogen) atoms. The number of rotatable bonds is 34. The van der Waals surface area contributed by atoms with E-state index >= 15 is 0 Å². The minimum absolute atomic E-state index is 0.0835. The summed E-state index contributed by atoms with van der Waals surface area (Å²) in [6.07, 6.45) is -68.5. The molecule has 6 fully saturated rings. The van der Waals surface area contributed by atoms with Gasteiger partial charge >= 0.3 is 12.2 Å². The van der Waals surface area contributed by atoms with Gasteiger partial charge in [-0.05, 0) is 41.5 Å². The molecule has 0 spiro atoms. The van der Waals surface area contributed by atoms with Crippen LogP contribution in [-0.4, -0.2) is 491 Å². The largest absolute Gasteiger partial charge is 0.444 e. The highest BCUT2D eigenvalue weighted by molar-refractivity contribution is 5.68. The van der Waals surface area contributed by atoms with E-state index in [0.29, 0.717) is 13.1 Å². The molecule has 0 aromatic heterocycles. The van der Waals surface area contributed by atoms with Crippen molar-refractivity contribution in [3.05, 3.63) is 0 Å². The lowest BCUT2D eigenvalue weighted by atomic mass is 9.98. The second-order valence-electron chi connectivity index (χ2n) is 28.6.